The van der Waals surface area contributed by atoms with Crippen LogP contribution >= 0.6 is 0 Å². The Morgan fingerprint density at radius 3 is 2.35 bits per heavy atom. The number of likely N-dealkylation sites (tertiary alicyclic amines) is 1. The highest BCUT2D eigenvalue weighted by molar-refractivity contribution is 5.32. The molecular formula is C16H17F6N3O. The number of halogens is 6. The molecule has 1 aliphatic heterocycles. The van der Waals surface area contributed by atoms with Crippen molar-refractivity contribution in [1.82, 2.24) is 4.90 Å². The first-order valence-corrected chi connectivity index (χ1v) is 7.48. The number of alkyl halides is 5. The van der Waals surface area contributed by atoms with Gasteiger partial charge >= 0.3 is 6.18 Å². The summed E-state index contributed by atoms with van der Waals surface area (Å²) >= 11 is 0. The molecule has 0 unspecified atom stereocenters. The van der Waals surface area contributed by atoms with Crippen molar-refractivity contribution >= 4 is 0 Å². The lowest BCUT2D eigenvalue weighted by Crippen LogP contribution is -2.53. The van der Waals surface area contributed by atoms with Gasteiger partial charge < -0.3 is 21.1 Å². The maximum atomic E-state index is 13.4. The van der Waals surface area contributed by atoms with E-state index in [4.69, 9.17) is 16.2 Å². The average molecular weight is 381 g/mol. The second-order valence-electron chi connectivity index (χ2n) is 5.83. The number of nitrogens with two attached hydrogens (primary N) is 2. The molecule has 1 aromatic rings. The maximum absolute atomic E-state index is 13.4. The van der Waals surface area contributed by atoms with Crippen molar-refractivity contribution in [3.8, 4) is 5.75 Å². The van der Waals surface area contributed by atoms with Gasteiger partial charge in [-0.25, -0.2) is 13.2 Å². The Balaban J connectivity index is 2.06. The van der Waals surface area contributed by atoms with Gasteiger partial charge in [-0.3, -0.25) is 0 Å². The quantitative estimate of drug-likeness (QED) is 0.607. The van der Waals surface area contributed by atoms with Crippen LogP contribution in [0.4, 0.5) is 26.3 Å². The van der Waals surface area contributed by atoms with Gasteiger partial charge in [0.05, 0.1) is 30.0 Å². The number of hydrogen-bond acceptors (Lipinski definition) is 4. The number of hydrogen-bond donors (Lipinski definition) is 2. The van der Waals surface area contributed by atoms with Crippen molar-refractivity contribution in [2.24, 2.45) is 11.5 Å². The van der Waals surface area contributed by atoms with Crippen LogP contribution in [0, 0.1) is 5.82 Å². The normalized spacial score (nSPS) is 17.2. The van der Waals surface area contributed by atoms with E-state index in [9.17, 15) is 26.3 Å². The highest BCUT2D eigenvalue weighted by Gasteiger charge is 2.34. The molecule has 1 heterocycles. The van der Waals surface area contributed by atoms with Gasteiger partial charge in [0.15, 0.2) is 0 Å². The first-order valence-electron chi connectivity index (χ1n) is 7.48. The smallest absolute Gasteiger partial charge is 0.416 e. The molecule has 0 spiro atoms. The molecule has 4 N–H and O–H groups in total. The van der Waals surface area contributed by atoms with Crippen LogP contribution in [0.5, 0.6) is 5.75 Å². The molecule has 26 heavy (non-hydrogen) atoms. The summed E-state index contributed by atoms with van der Waals surface area (Å²) in [5.74, 6) is -1.34. The van der Waals surface area contributed by atoms with Crippen molar-refractivity contribution in [1.29, 1.82) is 0 Å². The molecule has 1 aliphatic rings. The Hall–Kier alpha value is -2.52. The van der Waals surface area contributed by atoms with E-state index < -0.39 is 35.8 Å². The summed E-state index contributed by atoms with van der Waals surface area (Å²) in [6.07, 6.45) is -7.05. The Morgan fingerprint density at radius 1 is 1.23 bits per heavy atom. The van der Waals surface area contributed by atoms with Crippen LogP contribution in [0.15, 0.2) is 41.4 Å². The van der Waals surface area contributed by atoms with Gasteiger partial charge in [-0.15, -0.1) is 0 Å². The summed E-state index contributed by atoms with van der Waals surface area (Å²) in [6.45, 7) is 1.85. The van der Waals surface area contributed by atoms with Crippen molar-refractivity contribution in [2.75, 3.05) is 13.1 Å². The molecule has 0 atom stereocenters. The van der Waals surface area contributed by atoms with Gasteiger partial charge in [-0.1, -0.05) is 0 Å². The van der Waals surface area contributed by atoms with Gasteiger partial charge in [0.2, 0.25) is 0 Å². The summed E-state index contributed by atoms with van der Waals surface area (Å²) in [4.78, 5) is 1.58. The Bertz CT molecular complexity index is 719. The lowest BCUT2D eigenvalue weighted by atomic mass is 10.1. The SMILES string of the molecule is C/C(N)=C(/C=C(\N)C(F)F)N1CC(Oc2cc(F)cc(C(F)(F)F)c2)C1. The van der Waals surface area contributed by atoms with E-state index in [0.717, 1.165) is 12.1 Å². The first-order chi connectivity index (χ1) is 12.0. The van der Waals surface area contributed by atoms with Gasteiger partial charge in [-0.05, 0) is 25.1 Å². The van der Waals surface area contributed by atoms with E-state index in [1.165, 1.54) is 6.92 Å². The van der Waals surface area contributed by atoms with Crippen molar-refractivity contribution in [3.05, 3.63) is 52.7 Å². The Morgan fingerprint density at radius 2 is 1.85 bits per heavy atom. The van der Waals surface area contributed by atoms with Crippen LogP contribution in [0.3, 0.4) is 0 Å². The van der Waals surface area contributed by atoms with Crippen molar-refractivity contribution in [2.45, 2.75) is 25.6 Å². The van der Waals surface area contributed by atoms with Gasteiger partial charge in [0, 0.05) is 11.8 Å². The minimum absolute atomic E-state index is 0.175. The molecule has 4 nitrogen and oxygen atoms in total. The molecule has 1 saturated heterocycles. The molecule has 144 valence electrons. The summed E-state index contributed by atoms with van der Waals surface area (Å²) in [6, 6.07) is 1.92. The van der Waals surface area contributed by atoms with Crippen LogP contribution in [-0.2, 0) is 6.18 Å². The predicted octanol–water partition coefficient (Wildman–Crippen LogP) is 3.21. The molecule has 1 aromatic carbocycles. The van der Waals surface area contributed by atoms with E-state index in [2.05, 4.69) is 0 Å². The van der Waals surface area contributed by atoms with Crippen molar-refractivity contribution in [3.63, 3.8) is 0 Å². The molecule has 10 heteroatoms. The molecule has 1 fully saturated rings. The number of nitrogens with zero attached hydrogens (tertiary/aromatic N) is 1. The molecule has 0 aromatic heterocycles. The molecule has 2 rings (SSSR count). The van der Waals surface area contributed by atoms with Gasteiger partial charge in [0.25, 0.3) is 6.43 Å². The number of ether oxygens (including phenoxy) is 1. The molecule has 0 bridgehead atoms. The van der Waals surface area contributed by atoms with E-state index in [1.807, 2.05) is 0 Å². The monoisotopic (exact) mass is 381 g/mol. The second-order valence-corrected chi connectivity index (χ2v) is 5.83. The number of benzene rings is 1. The molecule has 0 aliphatic carbocycles. The highest BCUT2D eigenvalue weighted by atomic mass is 19.4. The maximum Gasteiger partial charge on any atom is 0.416 e. The molecular weight excluding hydrogens is 364 g/mol. The van der Waals surface area contributed by atoms with Crippen LogP contribution in [0.25, 0.3) is 0 Å². The first kappa shape index (κ1) is 19.8. The molecule has 0 radical (unpaired) electrons. The fourth-order valence-corrected chi connectivity index (χ4v) is 2.37. The average Bonchev–Trinajstić information content (AvgIpc) is 2.46. The standard InChI is InChI=1S/C16H17F6N3O/c1-8(23)14(5-13(24)15(18)19)25-6-12(7-25)26-11-3-9(16(20,21)22)2-10(17)4-11/h2-5,12,15H,6-7,23-24H2,1H3/b13-5-,14-8+. The lowest BCUT2D eigenvalue weighted by molar-refractivity contribution is -0.138. The third kappa shape index (κ3) is 4.77. The van der Waals surface area contributed by atoms with Crippen LogP contribution < -0.4 is 16.2 Å². The van der Waals surface area contributed by atoms with E-state index >= 15 is 0 Å². The largest absolute Gasteiger partial charge is 0.487 e. The lowest BCUT2D eigenvalue weighted by Gasteiger charge is -2.41. The molecule has 0 saturated carbocycles. The zero-order valence-corrected chi connectivity index (χ0v) is 13.7. The van der Waals surface area contributed by atoms with Gasteiger partial charge in [-0.2, -0.15) is 13.2 Å². The van der Waals surface area contributed by atoms with E-state index in [0.29, 0.717) is 12.1 Å². The summed E-state index contributed by atoms with van der Waals surface area (Å²) < 4.78 is 81.9. The second kappa shape index (κ2) is 7.38. The third-order valence-corrected chi connectivity index (χ3v) is 3.65. The van der Waals surface area contributed by atoms with Gasteiger partial charge in [0.1, 0.15) is 17.7 Å². The third-order valence-electron chi connectivity index (χ3n) is 3.65. The van der Waals surface area contributed by atoms with E-state index in [-0.39, 0.29) is 30.2 Å². The minimum Gasteiger partial charge on any atom is -0.487 e. The van der Waals surface area contributed by atoms with Crippen LogP contribution in [0.2, 0.25) is 0 Å². The fraction of sp³-hybridized carbons (Fsp3) is 0.375. The summed E-state index contributed by atoms with van der Waals surface area (Å²) in [7, 11) is 0. The van der Waals surface area contributed by atoms with E-state index in [1.54, 1.807) is 4.90 Å². The topological polar surface area (TPSA) is 64.5 Å². The number of allylic oxidation sites excluding steroid dienone is 3. The van der Waals surface area contributed by atoms with Crippen molar-refractivity contribution < 1.29 is 31.1 Å². The van der Waals surface area contributed by atoms with Crippen LogP contribution in [0.1, 0.15) is 12.5 Å². The number of rotatable bonds is 5. The predicted molar refractivity (Wildman–Crippen MR) is 82.6 cm³/mol. The zero-order valence-electron chi connectivity index (χ0n) is 13.7. The summed E-state index contributed by atoms with van der Waals surface area (Å²) in [5.41, 5.74) is 9.59. The Kier molecular flexibility index (Phi) is 5.62. The molecule has 0 amide bonds. The zero-order chi connectivity index (χ0) is 19.6. The summed E-state index contributed by atoms with van der Waals surface area (Å²) in [5, 5.41) is 0. The Labute approximate surface area is 145 Å². The minimum atomic E-state index is -4.70. The fourth-order valence-electron chi connectivity index (χ4n) is 2.37. The van der Waals surface area contributed by atoms with Crippen LogP contribution in [-0.4, -0.2) is 30.5 Å². The highest BCUT2D eigenvalue weighted by Crippen LogP contribution is 2.33.